The molecule has 0 amide bonds. The summed E-state index contributed by atoms with van der Waals surface area (Å²) in [7, 11) is 2.06. The fourth-order valence-electron chi connectivity index (χ4n) is 2.54. The predicted octanol–water partition coefficient (Wildman–Crippen LogP) is 2.59. The molecular formula is C13H22BrN3. The lowest BCUT2D eigenvalue weighted by molar-refractivity contribution is 0.175. The van der Waals surface area contributed by atoms with Gasteiger partial charge in [0.25, 0.3) is 0 Å². The molecule has 2 rings (SSSR count). The molecule has 0 bridgehead atoms. The van der Waals surface area contributed by atoms with E-state index < -0.39 is 0 Å². The summed E-state index contributed by atoms with van der Waals surface area (Å²) in [6.45, 7) is 5.66. The first kappa shape index (κ1) is 13.1. The van der Waals surface area contributed by atoms with Crippen molar-refractivity contribution in [3.8, 4) is 0 Å². The van der Waals surface area contributed by atoms with Crippen molar-refractivity contribution in [3.63, 3.8) is 0 Å². The predicted molar refractivity (Wildman–Crippen MR) is 74.4 cm³/mol. The highest BCUT2D eigenvalue weighted by Crippen LogP contribution is 2.20. The second kappa shape index (κ2) is 6.01. The number of nitrogens with zero attached hydrogens (tertiary/aromatic N) is 3. The lowest BCUT2D eigenvalue weighted by atomic mass is 10.0. The molecule has 0 aromatic carbocycles. The van der Waals surface area contributed by atoms with Gasteiger partial charge in [-0.1, -0.05) is 22.9 Å². The Morgan fingerprint density at radius 1 is 1.53 bits per heavy atom. The lowest BCUT2D eigenvalue weighted by Gasteiger charge is -2.31. The Morgan fingerprint density at radius 3 is 3.00 bits per heavy atom. The van der Waals surface area contributed by atoms with Gasteiger partial charge < -0.3 is 0 Å². The van der Waals surface area contributed by atoms with Crippen molar-refractivity contribution < 1.29 is 0 Å². The number of halogens is 1. The van der Waals surface area contributed by atoms with Gasteiger partial charge in [0.1, 0.15) is 0 Å². The molecule has 1 aliphatic rings. The minimum atomic E-state index is 0.822. The molecule has 1 atom stereocenters. The lowest BCUT2D eigenvalue weighted by Crippen LogP contribution is -2.35. The minimum absolute atomic E-state index is 0.822. The van der Waals surface area contributed by atoms with Gasteiger partial charge in [0.15, 0.2) is 0 Å². The Labute approximate surface area is 112 Å². The Kier molecular flexibility index (Phi) is 4.62. The summed E-state index contributed by atoms with van der Waals surface area (Å²) in [6.07, 6.45) is 3.72. The fraction of sp³-hybridized carbons (Fsp3) is 0.769. The second-order valence-electron chi connectivity index (χ2n) is 5.00. The van der Waals surface area contributed by atoms with Crippen LogP contribution in [0.1, 0.15) is 31.2 Å². The number of hydrogen-bond acceptors (Lipinski definition) is 2. The Bertz CT molecular complexity index is 362. The van der Waals surface area contributed by atoms with Gasteiger partial charge in [0.05, 0.1) is 11.4 Å². The molecule has 1 aromatic rings. The van der Waals surface area contributed by atoms with Gasteiger partial charge in [0.2, 0.25) is 0 Å². The van der Waals surface area contributed by atoms with Crippen molar-refractivity contribution in [3.05, 3.63) is 17.5 Å². The summed E-state index contributed by atoms with van der Waals surface area (Å²) in [5.74, 6) is 0.822. The van der Waals surface area contributed by atoms with Crippen LogP contribution >= 0.6 is 15.9 Å². The van der Waals surface area contributed by atoms with Gasteiger partial charge >= 0.3 is 0 Å². The van der Waals surface area contributed by atoms with E-state index in [0.717, 1.165) is 24.2 Å². The van der Waals surface area contributed by atoms with E-state index in [2.05, 4.69) is 46.0 Å². The number of aromatic nitrogens is 2. The first-order valence-corrected chi connectivity index (χ1v) is 7.65. The van der Waals surface area contributed by atoms with Crippen molar-refractivity contribution in [1.82, 2.24) is 14.7 Å². The molecule has 4 heteroatoms. The van der Waals surface area contributed by atoms with E-state index in [1.54, 1.807) is 0 Å². The van der Waals surface area contributed by atoms with Crippen LogP contribution in [0.2, 0.25) is 0 Å². The van der Waals surface area contributed by atoms with Crippen LogP contribution in [-0.2, 0) is 20.0 Å². The SMILES string of the molecule is CCc1cc(CN2CCCC(CBr)C2)n(C)n1. The third-order valence-electron chi connectivity index (χ3n) is 3.60. The Balaban J connectivity index is 1.97. The second-order valence-corrected chi connectivity index (χ2v) is 5.65. The van der Waals surface area contributed by atoms with E-state index in [1.807, 2.05) is 4.68 Å². The van der Waals surface area contributed by atoms with Crippen LogP contribution in [-0.4, -0.2) is 33.1 Å². The third kappa shape index (κ3) is 3.32. The topological polar surface area (TPSA) is 21.1 Å². The molecule has 17 heavy (non-hydrogen) atoms. The molecule has 0 aliphatic carbocycles. The normalized spacial score (nSPS) is 21.9. The average molecular weight is 300 g/mol. The highest BCUT2D eigenvalue weighted by molar-refractivity contribution is 9.09. The summed E-state index contributed by atoms with van der Waals surface area (Å²) in [6, 6.07) is 2.25. The fourth-order valence-corrected chi connectivity index (χ4v) is 3.07. The van der Waals surface area contributed by atoms with Crippen LogP contribution in [0.5, 0.6) is 0 Å². The van der Waals surface area contributed by atoms with Gasteiger partial charge in [-0.25, -0.2) is 0 Å². The molecule has 0 radical (unpaired) electrons. The smallest absolute Gasteiger partial charge is 0.0625 e. The summed E-state index contributed by atoms with van der Waals surface area (Å²) in [5, 5.41) is 5.65. The maximum atomic E-state index is 4.51. The number of piperidine rings is 1. The molecule has 2 heterocycles. The summed E-state index contributed by atoms with van der Waals surface area (Å²) in [5.41, 5.74) is 2.55. The zero-order chi connectivity index (χ0) is 12.3. The standard InChI is InChI=1S/C13H22BrN3/c1-3-12-7-13(16(2)15-12)10-17-6-4-5-11(8-14)9-17/h7,11H,3-6,8-10H2,1-2H3. The minimum Gasteiger partial charge on any atom is -0.297 e. The third-order valence-corrected chi connectivity index (χ3v) is 4.51. The zero-order valence-electron chi connectivity index (χ0n) is 10.8. The molecule has 0 saturated carbocycles. The number of alkyl halides is 1. The summed E-state index contributed by atoms with van der Waals surface area (Å²) >= 11 is 3.61. The number of rotatable bonds is 4. The van der Waals surface area contributed by atoms with E-state index in [9.17, 15) is 0 Å². The van der Waals surface area contributed by atoms with Crippen molar-refractivity contribution in [1.29, 1.82) is 0 Å². The van der Waals surface area contributed by atoms with Crippen LogP contribution in [0.4, 0.5) is 0 Å². The maximum absolute atomic E-state index is 4.51. The summed E-state index contributed by atoms with van der Waals surface area (Å²) < 4.78 is 2.04. The molecular weight excluding hydrogens is 278 g/mol. The highest BCUT2D eigenvalue weighted by Gasteiger charge is 2.19. The van der Waals surface area contributed by atoms with Gasteiger partial charge in [0, 0.05) is 25.5 Å². The van der Waals surface area contributed by atoms with Crippen LogP contribution in [0, 0.1) is 5.92 Å². The van der Waals surface area contributed by atoms with Crippen molar-refractivity contribution in [2.24, 2.45) is 13.0 Å². The molecule has 1 unspecified atom stereocenters. The molecule has 3 nitrogen and oxygen atoms in total. The number of hydrogen-bond donors (Lipinski definition) is 0. The first-order chi connectivity index (χ1) is 8.22. The maximum Gasteiger partial charge on any atom is 0.0625 e. The zero-order valence-corrected chi connectivity index (χ0v) is 12.4. The molecule has 0 N–H and O–H groups in total. The van der Waals surface area contributed by atoms with Gasteiger partial charge in [-0.3, -0.25) is 9.58 Å². The van der Waals surface area contributed by atoms with E-state index in [0.29, 0.717) is 0 Å². The highest BCUT2D eigenvalue weighted by atomic mass is 79.9. The molecule has 1 aliphatic heterocycles. The van der Waals surface area contributed by atoms with Crippen molar-refractivity contribution >= 4 is 15.9 Å². The molecule has 1 saturated heterocycles. The first-order valence-electron chi connectivity index (χ1n) is 6.53. The van der Waals surface area contributed by atoms with Crippen molar-refractivity contribution in [2.45, 2.75) is 32.7 Å². The Morgan fingerprint density at radius 2 is 2.35 bits per heavy atom. The molecule has 1 aromatic heterocycles. The largest absolute Gasteiger partial charge is 0.297 e. The molecule has 96 valence electrons. The van der Waals surface area contributed by atoms with Gasteiger partial charge in [-0.15, -0.1) is 0 Å². The van der Waals surface area contributed by atoms with Gasteiger partial charge in [-0.05, 0) is 37.8 Å². The number of aryl methyl sites for hydroxylation is 2. The van der Waals surface area contributed by atoms with Crippen LogP contribution in [0.15, 0.2) is 6.07 Å². The van der Waals surface area contributed by atoms with Crippen molar-refractivity contribution in [2.75, 3.05) is 18.4 Å². The average Bonchev–Trinajstić information content (AvgIpc) is 2.70. The quantitative estimate of drug-likeness (QED) is 0.797. The van der Waals surface area contributed by atoms with Crippen LogP contribution < -0.4 is 0 Å². The van der Waals surface area contributed by atoms with E-state index in [-0.39, 0.29) is 0 Å². The van der Waals surface area contributed by atoms with E-state index in [4.69, 9.17) is 0 Å². The van der Waals surface area contributed by atoms with Gasteiger partial charge in [-0.2, -0.15) is 5.10 Å². The Hall–Kier alpha value is -0.350. The van der Waals surface area contributed by atoms with E-state index >= 15 is 0 Å². The van der Waals surface area contributed by atoms with Crippen LogP contribution in [0.3, 0.4) is 0 Å². The number of likely N-dealkylation sites (tertiary alicyclic amines) is 1. The molecule has 0 spiro atoms. The van der Waals surface area contributed by atoms with Crippen LogP contribution in [0.25, 0.3) is 0 Å². The summed E-state index contributed by atoms with van der Waals surface area (Å²) in [4.78, 5) is 2.56. The van der Waals surface area contributed by atoms with E-state index in [1.165, 1.54) is 37.3 Å². The molecule has 1 fully saturated rings. The monoisotopic (exact) mass is 299 g/mol.